The minimum absolute atomic E-state index is 0.229. The van der Waals surface area contributed by atoms with E-state index in [1.807, 2.05) is 7.05 Å². The fraction of sp³-hybridized carbons (Fsp3) is 0.533. The third-order valence-corrected chi connectivity index (χ3v) is 3.88. The van der Waals surface area contributed by atoms with Crippen molar-refractivity contribution in [1.82, 2.24) is 5.32 Å². The first-order chi connectivity index (χ1) is 9.11. The first kappa shape index (κ1) is 13.9. The highest BCUT2D eigenvalue weighted by Crippen LogP contribution is 2.29. The van der Waals surface area contributed by atoms with Gasteiger partial charge in [0.1, 0.15) is 0 Å². The number of benzene rings is 1. The summed E-state index contributed by atoms with van der Waals surface area (Å²) in [6.45, 7) is 3.90. The van der Waals surface area contributed by atoms with Gasteiger partial charge in [0.15, 0.2) is 0 Å². The van der Waals surface area contributed by atoms with Crippen molar-refractivity contribution in [3.05, 3.63) is 29.3 Å². The number of primary amides is 1. The normalized spacial score (nSPS) is 16.0. The maximum Gasteiger partial charge on any atom is 0.219 e. The van der Waals surface area contributed by atoms with Crippen LogP contribution in [-0.2, 0) is 11.2 Å². The van der Waals surface area contributed by atoms with E-state index in [0.717, 1.165) is 25.9 Å². The van der Waals surface area contributed by atoms with Crippen molar-refractivity contribution in [2.24, 2.45) is 5.73 Å². The summed E-state index contributed by atoms with van der Waals surface area (Å²) >= 11 is 0. The SMILES string of the molecule is CNC(C)c1ccc2c(c1)CCCN2CCC(N)=O. The molecule has 0 saturated carbocycles. The second kappa shape index (κ2) is 6.06. The van der Waals surface area contributed by atoms with Crippen LogP contribution in [0, 0.1) is 0 Å². The molecule has 1 heterocycles. The van der Waals surface area contributed by atoms with Gasteiger partial charge in [-0.2, -0.15) is 0 Å². The van der Waals surface area contributed by atoms with Gasteiger partial charge in [-0.25, -0.2) is 0 Å². The highest BCUT2D eigenvalue weighted by Gasteiger charge is 2.18. The number of amides is 1. The largest absolute Gasteiger partial charge is 0.371 e. The number of hydrogen-bond donors (Lipinski definition) is 2. The second-order valence-corrected chi connectivity index (χ2v) is 5.21. The van der Waals surface area contributed by atoms with Crippen LogP contribution < -0.4 is 16.0 Å². The lowest BCUT2D eigenvalue weighted by molar-refractivity contribution is -0.117. The molecule has 4 heteroatoms. The molecule has 1 atom stereocenters. The fourth-order valence-electron chi connectivity index (χ4n) is 2.61. The molecule has 19 heavy (non-hydrogen) atoms. The maximum absolute atomic E-state index is 10.9. The molecule has 0 spiro atoms. The molecule has 1 aromatic carbocycles. The molecule has 0 bridgehead atoms. The molecule has 2 rings (SSSR count). The summed E-state index contributed by atoms with van der Waals surface area (Å²) in [5.41, 5.74) is 9.20. The van der Waals surface area contributed by atoms with E-state index in [4.69, 9.17) is 5.73 Å². The number of anilines is 1. The number of nitrogens with zero attached hydrogens (tertiary/aromatic N) is 1. The lowest BCUT2D eigenvalue weighted by atomic mass is 9.96. The van der Waals surface area contributed by atoms with Gasteiger partial charge in [0.05, 0.1) is 0 Å². The molecule has 1 unspecified atom stereocenters. The Hall–Kier alpha value is -1.55. The highest BCUT2D eigenvalue weighted by molar-refractivity contribution is 5.74. The Morgan fingerprint density at radius 1 is 1.53 bits per heavy atom. The molecular formula is C15H23N3O. The minimum atomic E-state index is -0.229. The summed E-state index contributed by atoms with van der Waals surface area (Å²) < 4.78 is 0. The third-order valence-electron chi connectivity index (χ3n) is 3.88. The van der Waals surface area contributed by atoms with Crippen LogP contribution >= 0.6 is 0 Å². The minimum Gasteiger partial charge on any atom is -0.371 e. The van der Waals surface area contributed by atoms with E-state index in [1.54, 1.807) is 0 Å². The van der Waals surface area contributed by atoms with Crippen molar-refractivity contribution in [2.75, 3.05) is 25.0 Å². The van der Waals surface area contributed by atoms with Crippen LogP contribution in [-0.4, -0.2) is 26.0 Å². The Bertz CT molecular complexity index is 459. The van der Waals surface area contributed by atoms with Gasteiger partial charge >= 0.3 is 0 Å². The number of fused-ring (bicyclic) bond motifs is 1. The van der Waals surface area contributed by atoms with Crippen LogP contribution in [0.5, 0.6) is 0 Å². The Balaban J connectivity index is 2.18. The Morgan fingerprint density at radius 2 is 2.32 bits per heavy atom. The quantitative estimate of drug-likeness (QED) is 0.846. The van der Waals surface area contributed by atoms with Crippen LogP contribution in [0.1, 0.15) is 36.9 Å². The number of carbonyl (C=O) groups excluding carboxylic acids is 1. The molecule has 104 valence electrons. The van der Waals surface area contributed by atoms with E-state index >= 15 is 0 Å². The van der Waals surface area contributed by atoms with E-state index in [1.165, 1.54) is 16.8 Å². The van der Waals surface area contributed by atoms with Crippen molar-refractivity contribution in [1.29, 1.82) is 0 Å². The predicted molar refractivity (Wildman–Crippen MR) is 78.3 cm³/mol. The molecular weight excluding hydrogens is 238 g/mol. The summed E-state index contributed by atoms with van der Waals surface area (Å²) in [6.07, 6.45) is 2.68. The molecule has 0 aromatic heterocycles. The smallest absolute Gasteiger partial charge is 0.219 e. The fourth-order valence-corrected chi connectivity index (χ4v) is 2.61. The van der Waals surface area contributed by atoms with Crippen molar-refractivity contribution < 1.29 is 4.79 Å². The van der Waals surface area contributed by atoms with Crippen LogP contribution in [0.15, 0.2) is 18.2 Å². The van der Waals surface area contributed by atoms with Gasteiger partial charge in [-0.15, -0.1) is 0 Å². The Kier molecular flexibility index (Phi) is 4.43. The first-order valence-electron chi connectivity index (χ1n) is 6.95. The predicted octanol–water partition coefficient (Wildman–Crippen LogP) is 1.59. The molecule has 1 aliphatic heterocycles. The number of nitrogens with two attached hydrogens (primary N) is 1. The van der Waals surface area contributed by atoms with Gasteiger partial charge in [-0.05, 0) is 44.0 Å². The Morgan fingerprint density at radius 3 is 3.00 bits per heavy atom. The number of nitrogens with one attached hydrogen (secondary N) is 1. The zero-order chi connectivity index (χ0) is 13.8. The zero-order valence-corrected chi connectivity index (χ0v) is 11.8. The second-order valence-electron chi connectivity index (χ2n) is 5.21. The molecule has 0 fully saturated rings. The molecule has 1 amide bonds. The topological polar surface area (TPSA) is 58.4 Å². The number of carbonyl (C=O) groups is 1. The number of hydrogen-bond acceptors (Lipinski definition) is 3. The van der Waals surface area contributed by atoms with Crippen molar-refractivity contribution in [3.8, 4) is 0 Å². The van der Waals surface area contributed by atoms with E-state index in [2.05, 4.69) is 35.3 Å². The van der Waals surface area contributed by atoms with Gasteiger partial charge in [-0.3, -0.25) is 4.79 Å². The van der Waals surface area contributed by atoms with Gasteiger partial charge in [0.25, 0.3) is 0 Å². The summed E-state index contributed by atoms with van der Waals surface area (Å²) in [5, 5.41) is 3.26. The van der Waals surface area contributed by atoms with Gasteiger partial charge in [0, 0.05) is 31.2 Å². The van der Waals surface area contributed by atoms with E-state index in [-0.39, 0.29) is 5.91 Å². The van der Waals surface area contributed by atoms with Crippen molar-refractivity contribution >= 4 is 11.6 Å². The highest BCUT2D eigenvalue weighted by atomic mass is 16.1. The van der Waals surface area contributed by atoms with Crippen LogP contribution in [0.25, 0.3) is 0 Å². The van der Waals surface area contributed by atoms with Crippen LogP contribution in [0.4, 0.5) is 5.69 Å². The molecule has 1 aliphatic rings. The van der Waals surface area contributed by atoms with E-state index in [9.17, 15) is 4.79 Å². The monoisotopic (exact) mass is 261 g/mol. The lowest BCUT2D eigenvalue weighted by Gasteiger charge is -2.31. The maximum atomic E-state index is 10.9. The van der Waals surface area contributed by atoms with Gasteiger partial charge < -0.3 is 16.0 Å². The molecule has 0 radical (unpaired) electrons. The first-order valence-corrected chi connectivity index (χ1v) is 6.95. The molecule has 0 saturated heterocycles. The standard InChI is InChI=1S/C15H23N3O/c1-11(17-2)12-5-6-14-13(10-12)4-3-8-18(14)9-7-15(16)19/h5-6,10-11,17H,3-4,7-9H2,1-2H3,(H2,16,19). The third kappa shape index (κ3) is 3.26. The van der Waals surface area contributed by atoms with E-state index in [0.29, 0.717) is 12.5 Å². The molecule has 1 aromatic rings. The average Bonchev–Trinajstić information content (AvgIpc) is 2.43. The van der Waals surface area contributed by atoms with Crippen molar-refractivity contribution in [3.63, 3.8) is 0 Å². The van der Waals surface area contributed by atoms with Gasteiger partial charge in [-0.1, -0.05) is 12.1 Å². The zero-order valence-electron chi connectivity index (χ0n) is 11.8. The van der Waals surface area contributed by atoms with Crippen LogP contribution in [0.2, 0.25) is 0 Å². The van der Waals surface area contributed by atoms with Crippen LogP contribution in [0.3, 0.4) is 0 Å². The summed E-state index contributed by atoms with van der Waals surface area (Å²) in [5.74, 6) is -0.229. The lowest BCUT2D eigenvalue weighted by Crippen LogP contribution is -2.32. The van der Waals surface area contributed by atoms with E-state index < -0.39 is 0 Å². The summed E-state index contributed by atoms with van der Waals surface area (Å²) in [4.78, 5) is 13.2. The average molecular weight is 261 g/mol. The van der Waals surface area contributed by atoms with Crippen molar-refractivity contribution in [2.45, 2.75) is 32.2 Å². The molecule has 0 aliphatic carbocycles. The number of aryl methyl sites for hydroxylation is 1. The molecule has 4 nitrogen and oxygen atoms in total. The Labute approximate surface area is 115 Å². The molecule has 3 N–H and O–H groups in total. The number of rotatable bonds is 5. The summed E-state index contributed by atoms with van der Waals surface area (Å²) in [7, 11) is 1.98. The van der Waals surface area contributed by atoms with Gasteiger partial charge in [0.2, 0.25) is 5.91 Å². The summed E-state index contributed by atoms with van der Waals surface area (Å²) in [6, 6.07) is 7.00.